The van der Waals surface area contributed by atoms with Gasteiger partial charge in [0.1, 0.15) is 0 Å². The van der Waals surface area contributed by atoms with Gasteiger partial charge in [-0.1, -0.05) is 5.21 Å². The molecule has 0 aromatic carbocycles. The normalized spacial score (nSPS) is 20.6. The topological polar surface area (TPSA) is 73.8 Å². The largest absolute Gasteiger partial charge is 0.364 e. The van der Waals surface area contributed by atoms with Crippen molar-refractivity contribution in [2.45, 2.75) is 32.2 Å². The van der Waals surface area contributed by atoms with Gasteiger partial charge in [0.2, 0.25) is 5.92 Å². The van der Waals surface area contributed by atoms with Crippen LogP contribution >= 0.6 is 0 Å². The molecule has 1 atom stereocenters. The molecule has 0 spiro atoms. The van der Waals surface area contributed by atoms with Crippen LogP contribution in [0, 0.1) is 5.92 Å². The SMILES string of the molecule is CC(F)(F)[C@H]1CCn2nnc(C(N)=O)c2C1. The maximum atomic E-state index is 13.2. The Morgan fingerprint density at radius 1 is 1.62 bits per heavy atom. The third kappa shape index (κ3) is 1.77. The Labute approximate surface area is 90.6 Å². The van der Waals surface area contributed by atoms with E-state index in [1.54, 1.807) is 0 Å². The summed E-state index contributed by atoms with van der Waals surface area (Å²) in [6, 6.07) is 0. The summed E-state index contributed by atoms with van der Waals surface area (Å²) in [4.78, 5) is 11.0. The second-order valence-electron chi connectivity index (χ2n) is 4.12. The first-order valence-electron chi connectivity index (χ1n) is 4.99. The van der Waals surface area contributed by atoms with E-state index in [0.29, 0.717) is 18.7 Å². The number of fused-ring (bicyclic) bond motifs is 1. The molecule has 1 amide bonds. The van der Waals surface area contributed by atoms with Crippen molar-refractivity contribution in [3.63, 3.8) is 0 Å². The third-order valence-corrected chi connectivity index (χ3v) is 2.92. The molecule has 7 heteroatoms. The summed E-state index contributed by atoms with van der Waals surface area (Å²) in [6.07, 6.45) is 0.423. The Balaban J connectivity index is 2.31. The number of aryl methyl sites for hydroxylation is 1. The summed E-state index contributed by atoms with van der Waals surface area (Å²) in [7, 11) is 0. The maximum Gasteiger partial charge on any atom is 0.271 e. The number of halogens is 2. The number of amides is 1. The molecule has 2 N–H and O–H groups in total. The zero-order valence-electron chi connectivity index (χ0n) is 8.78. The molecule has 16 heavy (non-hydrogen) atoms. The van der Waals surface area contributed by atoms with Crippen LogP contribution in [-0.2, 0) is 13.0 Å². The van der Waals surface area contributed by atoms with Gasteiger partial charge in [0.25, 0.3) is 5.91 Å². The molecule has 5 nitrogen and oxygen atoms in total. The predicted octanol–water partition coefficient (Wildman–Crippen LogP) is 0.595. The van der Waals surface area contributed by atoms with Gasteiger partial charge in [-0.3, -0.25) is 4.79 Å². The predicted molar refractivity (Wildman–Crippen MR) is 51.0 cm³/mol. The van der Waals surface area contributed by atoms with E-state index in [-0.39, 0.29) is 12.1 Å². The van der Waals surface area contributed by atoms with Gasteiger partial charge in [0, 0.05) is 18.9 Å². The van der Waals surface area contributed by atoms with Crippen molar-refractivity contribution >= 4 is 5.91 Å². The highest BCUT2D eigenvalue weighted by molar-refractivity contribution is 5.91. The number of primary amides is 1. The number of alkyl halides is 2. The Hall–Kier alpha value is -1.53. The number of hydrogen-bond donors (Lipinski definition) is 1. The lowest BCUT2D eigenvalue weighted by molar-refractivity contribution is -0.0491. The lowest BCUT2D eigenvalue weighted by Crippen LogP contribution is -2.33. The lowest BCUT2D eigenvalue weighted by Gasteiger charge is -2.27. The molecule has 1 aromatic heterocycles. The van der Waals surface area contributed by atoms with Gasteiger partial charge in [-0.05, 0) is 13.3 Å². The first kappa shape index (κ1) is 11.0. The van der Waals surface area contributed by atoms with Crippen LogP contribution in [0.15, 0.2) is 0 Å². The minimum Gasteiger partial charge on any atom is -0.364 e. The second kappa shape index (κ2) is 3.50. The van der Waals surface area contributed by atoms with Crippen molar-refractivity contribution in [1.29, 1.82) is 0 Å². The van der Waals surface area contributed by atoms with Crippen molar-refractivity contribution < 1.29 is 13.6 Å². The zero-order chi connectivity index (χ0) is 11.9. The molecule has 2 rings (SSSR count). The van der Waals surface area contributed by atoms with Gasteiger partial charge in [-0.2, -0.15) is 0 Å². The smallest absolute Gasteiger partial charge is 0.271 e. The molecular weight excluding hydrogens is 218 g/mol. The Morgan fingerprint density at radius 3 is 2.88 bits per heavy atom. The minimum absolute atomic E-state index is 0.00829. The monoisotopic (exact) mass is 230 g/mol. The molecule has 0 unspecified atom stereocenters. The zero-order valence-corrected chi connectivity index (χ0v) is 8.78. The lowest BCUT2D eigenvalue weighted by atomic mass is 9.90. The molecule has 2 heterocycles. The molecule has 1 aromatic rings. The standard InChI is InChI=1S/C9H12F2N4O/c1-9(10,11)5-2-3-15-6(4-5)7(8(12)16)13-14-15/h5H,2-4H2,1H3,(H2,12,16)/t5-/m0/s1. The molecule has 0 radical (unpaired) electrons. The highest BCUT2D eigenvalue weighted by Gasteiger charge is 2.38. The Kier molecular flexibility index (Phi) is 2.40. The molecule has 0 saturated heterocycles. The molecule has 0 bridgehead atoms. The summed E-state index contributed by atoms with van der Waals surface area (Å²) in [5, 5.41) is 7.32. The molecule has 0 fully saturated rings. The summed E-state index contributed by atoms with van der Waals surface area (Å²) in [6.45, 7) is 1.24. The number of rotatable bonds is 2. The first-order valence-corrected chi connectivity index (χ1v) is 4.99. The second-order valence-corrected chi connectivity index (χ2v) is 4.12. The molecule has 1 aliphatic rings. The van der Waals surface area contributed by atoms with Crippen LogP contribution < -0.4 is 5.73 Å². The van der Waals surface area contributed by atoms with E-state index in [2.05, 4.69) is 10.3 Å². The van der Waals surface area contributed by atoms with Gasteiger partial charge in [-0.25, -0.2) is 13.5 Å². The fourth-order valence-electron chi connectivity index (χ4n) is 1.95. The van der Waals surface area contributed by atoms with Crippen molar-refractivity contribution in [3.05, 3.63) is 11.4 Å². The van der Waals surface area contributed by atoms with E-state index in [4.69, 9.17) is 5.73 Å². The summed E-state index contributed by atoms with van der Waals surface area (Å²) in [5.41, 5.74) is 5.52. The van der Waals surface area contributed by atoms with Crippen LogP contribution in [-0.4, -0.2) is 26.8 Å². The number of hydrogen-bond acceptors (Lipinski definition) is 3. The van der Waals surface area contributed by atoms with Gasteiger partial charge in [0.15, 0.2) is 5.69 Å². The van der Waals surface area contributed by atoms with Crippen LogP contribution in [0.25, 0.3) is 0 Å². The quantitative estimate of drug-likeness (QED) is 0.808. The van der Waals surface area contributed by atoms with E-state index < -0.39 is 17.7 Å². The van der Waals surface area contributed by atoms with E-state index in [0.717, 1.165) is 6.92 Å². The summed E-state index contributed by atoms with van der Waals surface area (Å²) in [5.74, 6) is -4.26. The van der Waals surface area contributed by atoms with Gasteiger partial charge < -0.3 is 5.73 Å². The van der Waals surface area contributed by atoms with Crippen molar-refractivity contribution in [3.8, 4) is 0 Å². The maximum absolute atomic E-state index is 13.2. The Bertz CT molecular complexity index is 424. The number of nitrogens with two attached hydrogens (primary N) is 1. The molecular formula is C9H12F2N4O. The molecule has 0 aliphatic carbocycles. The van der Waals surface area contributed by atoms with Gasteiger partial charge >= 0.3 is 0 Å². The minimum atomic E-state index is -2.76. The van der Waals surface area contributed by atoms with Crippen LogP contribution in [0.1, 0.15) is 29.5 Å². The van der Waals surface area contributed by atoms with E-state index in [9.17, 15) is 13.6 Å². The fourth-order valence-corrected chi connectivity index (χ4v) is 1.95. The van der Waals surface area contributed by atoms with Gasteiger partial charge in [0.05, 0.1) is 5.69 Å². The number of carbonyl (C=O) groups is 1. The van der Waals surface area contributed by atoms with Crippen LogP contribution in [0.3, 0.4) is 0 Å². The van der Waals surface area contributed by atoms with Crippen LogP contribution in [0.2, 0.25) is 0 Å². The number of nitrogens with zero attached hydrogens (tertiary/aromatic N) is 3. The van der Waals surface area contributed by atoms with E-state index >= 15 is 0 Å². The Morgan fingerprint density at radius 2 is 2.31 bits per heavy atom. The highest BCUT2D eigenvalue weighted by Crippen LogP contribution is 2.33. The van der Waals surface area contributed by atoms with Crippen LogP contribution in [0.4, 0.5) is 8.78 Å². The van der Waals surface area contributed by atoms with Crippen molar-refractivity contribution in [2.75, 3.05) is 0 Å². The fraction of sp³-hybridized carbons (Fsp3) is 0.667. The number of aromatic nitrogens is 3. The molecule has 1 aliphatic heterocycles. The third-order valence-electron chi connectivity index (χ3n) is 2.92. The van der Waals surface area contributed by atoms with Crippen LogP contribution in [0.5, 0.6) is 0 Å². The summed E-state index contributed by atoms with van der Waals surface area (Å²) < 4.78 is 27.8. The highest BCUT2D eigenvalue weighted by atomic mass is 19.3. The van der Waals surface area contributed by atoms with Gasteiger partial charge in [-0.15, -0.1) is 5.10 Å². The molecule has 88 valence electrons. The van der Waals surface area contributed by atoms with Crippen molar-refractivity contribution in [2.24, 2.45) is 11.7 Å². The average Bonchev–Trinajstić information content (AvgIpc) is 2.58. The summed E-state index contributed by atoms with van der Waals surface area (Å²) >= 11 is 0. The molecule has 0 saturated carbocycles. The average molecular weight is 230 g/mol. The first-order chi connectivity index (χ1) is 7.39. The van der Waals surface area contributed by atoms with Crippen molar-refractivity contribution in [1.82, 2.24) is 15.0 Å². The van der Waals surface area contributed by atoms with E-state index in [1.165, 1.54) is 4.68 Å². The van der Waals surface area contributed by atoms with E-state index in [1.807, 2.05) is 0 Å². The number of carbonyl (C=O) groups excluding carboxylic acids is 1.